The first kappa shape index (κ1) is 22.5. The van der Waals surface area contributed by atoms with Crippen LogP contribution < -0.4 is 10.6 Å². The monoisotopic (exact) mass is 352 g/mol. The zero-order chi connectivity index (χ0) is 18.8. The summed E-state index contributed by atoms with van der Waals surface area (Å²) >= 11 is 0. The van der Waals surface area contributed by atoms with E-state index in [1.165, 1.54) is 0 Å². The highest BCUT2D eigenvalue weighted by Gasteiger charge is 2.31. The fourth-order valence-electron chi connectivity index (χ4n) is 2.08. The third kappa shape index (κ3) is 12.0. The van der Waals surface area contributed by atoms with Gasteiger partial charge in [0.25, 0.3) is 0 Å². The molecule has 8 heteroatoms. The van der Waals surface area contributed by atoms with Gasteiger partial charge < -0.3 is 15.5 Å². The molecule has 0 aromatic heterocycles. The second-order valence-corrected chi connectivity index (χ2v) is 6.43. The predicted octanol–water partition coefficient (Wildman–Crippen LogP) is 2.78. The highest BCUT2D eigenvalue weighted by Crippen LogP contribution is 2.15. The zero-order valence-corrected chi connectivity index (χ0v) is 15.3. The number of alkyl halides is 3. The van der Waals surface area contributed by atoms with Gasteiger partial charge in [-0.2, -0.15) is 13.2 Å². The van der Waals surface area contributed by atoms with Crippen LogP contribution in [0.15, 0.2) is 4.99 Å². The molecule has 142 valence electrons. The number of hydrogen-bond donors (Lipinski definition) is 2. The van der Waals surface area contributed by atoms with Gasteiger partial charge in [-0.1, -0.05) is 26.7 Å². The Morgan fingerprint density at radius 1 is 1.21 bits per heavy atom. The smallest absolute Gasteiger partial charge is 0.357 e. The first-order valence-electron chi connectivity index (χ1n) is 8.40. The lowest BCUT2D eigenvalue weighted by Crippen LogP contribution is -2.43. The van der Waals surface area contributed by atoms with Gasteiger partial charge >= 0.3 is 6.18 Å². The molecule has 0 spiro atoms. The third-order valence-electron chi connectivity index (χ3n) is 3.36. The van der Waals surface area contributed by atoms with E-state index in [9.17, 15) is 18.0 Å². The average Bonchev–Trinajstić information content (AvgIpc) is 2.42. The van der Waals surface area contributed by atoms with Crippen LogP contribution in [-0.4, -0.2) is 55.7 Å². The van der Waals surface area contributed by atoms with E-state index in [1.807, 2.05) is 13.8 Å². The Bertz CT molecular complexity index is 397. The molecule has 0 radical (unpaired) electrons. The third-order valence-corrected chi connectivity index (χ3v) is 3.36. The van der Waals surface area contributed by atoms with Gasteiger partial charge in [-0.05, 0) is 26.2 Å². The van der Waals surface area contributed by atoms with Crippen molar-refractivity contribution >= 4 is 11.9 Å². The number of aliphatic imine (C=N–C) groups is 1. The number of guanidine groups is 1. The van der Waals surface area contributed by atoms with Crippen molar-refractivity contribution < 1.29 is 18.0 Å². The molecule has 0 aliphatic heterocycles. The molecule has 1 unspecified atom stereocenters. The van der Waals surface area contributed by atoms with Crippen LogP contribution in [0, 0.1) is 5.92 Å². The first-order chi connectivity index (χ1) is 11.0. The largest absolute Gasteiger partial charge is 0.406 e. The summed E-state index contributed by atoms with van der Waals surface area (Å²) in [7, 11) is 1.13. The average molecular weight is 352 g/mol. The molecule has 0 aromatic rings. The van der Waals surface area contributed by atoms with Gasteiger partial charge in [0.2, 0.25) is 5.91 Å². The number of nitrogens with zero attached hydrogens (tertiary/aromatic N) is 2. The summed E-state index contributed by atoms with van der Waals surface area (Å²) in [5.41, 5.74) is 0. The van der Waals surface area contributed by atoms with Crippen molar-refractivity contribution in [2.75, 3.05) is 26.7 Å². The molecule has 0 aromatic carbocycles. The maximum Gasteiger partial charge on any atom is 0.406 e. The van der Waals surface area contributed by atoms with Crippen molar-refractivity contribution in [1.29, 1.82) is 0 Å². The zero-order valence-electron chi connectivity index (χ0n) is 15.3. The first-order valence-corrected chi connectivity index (χ1v) is 8.40. The Kier molecular flexibility index (Phi) is 10.5. The lowest BCUT2D eigenvalue weighted by molar-refractivity contribution is -0.157. The maximum absolute atomic E-state index is 12.3. The van der Waals surface area contributed by atoms with E-state index < -0.39 is 18.6 Å². The molecule has 0 bridgehead atoms. The topological polar surface area (TPSA) is 56.7 Å². The number of amides is 1. The number of nitrogens with one attached hydrogen (secondary N) is 2. The molecule has 2 N–H and O–H groups in total. The number of halogens is 3. The molecule has 1 atom stereocenters. The number of carbonyl (C=O) groups excluding carboxylic acids is 1. The molecular formula is C16H31F3N4O. The molecule has 24 heavy (non-hydrogen) atoms. The highest BCUT2D eigenvalue weighted by atomic mass is 19.4. The molecular weight excluding hydrogens is 321 g/mol. The van der Waals surface area contributed by atoms with Crippen LogP contribution in [0.1, 0.15) is 47.0 Å². The van der Waals surface area contributed by atoms with Crippen molar-refractivity contribution in [2.45, 2.75) is 59.2 Å². The van der Waals surface area contributed by atoms with E-state index in [0.717, 1.165) is 26.3 Å². The standard InChI is InChI=1S/C16H31F3N4O/c1-6-20-15(22-13(4)9-7-8-12(2)3)21-10-14(24)23(5)11-16(17,18)19/h12-13H,6-11H2,1-5H3,(H2,20,21,22). The summed E-state index contributed by atoms with van der Waals surface area (Å²) < 4.78 is 36.8. The summed E-state index contributed by atoms with van der Waals surface area (Å²) in [4.78, 5) is 16.4. The van der Waals surface area contributed by atoms with E-state index in [2.05, 4.69) is 29.5 Å². The number of rotatable bonds is 9. The van der Waals surface area contributed by atoms with Crippen LogP contribution in [0.25, 0.3) is 0 Å². The molecule has 0 saturated heterocycles. The number of carbonyl (C=O) groups is 1. The molecule has 0 aliphatic rings. The van der Waals surface area contributed by atoms with Gasteiger partial charge in [0.05, 0.1) is 0 Å². The van der Waals surface area contributed by atoms with Gasteiger partial charge in [-0.3, -0.25) is 4.79 Å². The Balaban J connectivity index is 4.47. The van der Waals surface area contributed by atoms with Gasteiger partial charge in [-0.25, -0.2) is 4.99 Å². The number of likely N-dealkylation sites (N-methyl/N-ethyl adjacent to an activating group) is 1. The van der Waals surface area contributed by atoms with Crippen molar-refractivity contribution in [3.8, 4) is 0 Å². The van der Waals surface area contributed by atoms with Gasteiger partial charge in [0.15, 0.2) is 5.96 Å². The van der Waals surface area contributed by atoms with Crippen LogP contribution in [0.2, 0.25) is 0 Å². The Hall–Kier alpha value is -1.47. The molecule has 0 rings (SSSR count). The minimum atomic E-state index is -4.40. The van der Waals surface area contributed by atoms with Crippen LogP contribution in [0.3, 0.4) is 0 Å². The SMILES string of the molecule is CCNC(=NCC(=O)N(C)CC(F)(F)F)NC(C)CCCC(C)C. The molecule has 0 saturated carbocycles. The Morgan fingerprint density at radius 2 is 1.83 bits per heavy atom. The summed E-state index contributed by atoms with van der Waals surface area (Å²) in [6.45, 7) is 7.27. The molecule has 1 amide bonds. The molecule has 5 nitrogen and oxygen atoms in total. The predicted molar refractivity (Wildman–Crippen MR) is 91.0 cm³/mol. The van der Waals surface area contributed by atoms with E-state index in [0.29, 0.717) is 23.3 Å². The minimum absolute atomic E-state index is 0.171. The van der Waals surface area contributed by atoms with Gasteiger partial charge in [-0.15, -0.1) is 0 Å². The van der Waals surface area contributed by atoms with E-state index in [4.69, 9.17) is 0 Å². The van der Waals surface area contributed by atoms with Crippen LogP contribution >= 0.6 is 0 Å². The van der Waals surface area contributed by atoms with E-state index >= 15 is 0 Å². The van der Waals surface area contributed by atoms with Crippen LogP contribution in [0.4, 0.5) is 13.2 Å². The fourth-order valence-corrected chi connectivity index (χ4v) is 2.08. The second-order valence-electron chi connectivity index (χ2n) is 6.43. The van der Waals surface area contributed by atoms with Crippen LogP contribution in [0.5, 0.6) is 0 Å². The van der Waals surface area contributed by atoms with Gasteiger partial charge in [0, 0.05) is 19.6 Å². The van der Waals surface area contributed by atoms with Crippen molar-refractivity contribution in [2.24, 2.45) is 10.9 Å². The lowest BCUT2D eigenvalue weighted by Gasteiger charge is -2.20. The Morgan fingerprint density at radius 3 is 2.33 bits per heavy atom. The molecule has 0 heterocycles. The van der Waals surface area contributed by atoms with Gasteiger partial charge in [0.1, 0.15) is 13.1 Å². The normalized spacial score (nSPS) is 13.8. The summed E-state index contributed by atoms with van der Waals surface area (Å²) in [5.74, 6) is 0.432. The molecule has 0 aliphatic carbocycles. The van der Waals surface area contributed by atoms with E-state index in [-0.39, 0.29) is 12.6 Å². The highest BCUT2D eigenvalue weighted by molar-refractivity contribution is 5.85. The van der Waals surface area contributed by atoms with Crippen LogP contribution in [-0.2, 0) is 4.79 Å². The fraction of sp³-hybridized carbons (Fsp3) is 0.875. The summed E-state index contributed by atoms with van der Waals surface area (Å²) in [5, 5.41) is 6.18. The van der Waals surface area contributed by atoms with Crippen molar-refractivity contribution in [1.82, 2.24) is 15.5 Å². The lowest BCUT2D eigenvalue weighted by atomic mass is 10.0. The Labute approximate surface area is 143 Å². The maximum atomic E-state index is 12.3. The quantitative estimate of drug-likeness (QED) is 0.496. The summed E-state index contributed by atoms with van der Waals surface area (Å²) in [6, 6.07) is 0.171. The second kappa shape index (κ2) is 11.1. The van der Waals surface area contributed by atoms with E-state index in [1.54, 1.807) is 0 Å². The van der Waals surface area contributed by atoms with Crippen molar-refractivity contribution in [3.63, 3.8) is 0 Å². The number of hydrogen-bond acceptors (Lipinski definition) is 2. The summed E-state index contributed by atoms with van der Waals surface area (Å²) in [6.07, 6.45) is -1.22. The minimum Gasteiger partial charge on any atom is -0.357 e. The molecule has 0 fully saturated rings. The van der Waals surface area contributed by atoms with Crippen molar-refractivity contribution in [3.05, 3.63) is 0 Å².